The minimum absolute atomic E-state index is 0.0770. The summed E-state index contributed by atoms with van der Waals surface area (Å²) in [5.74, 6) is -2.94. The number of aromatic nitrogens is 1. The molecule has 1 aromatic heterocycles. The van der Waals surface area contributed by atoms with E-state index in [4.69, 9.17) is 4.74 Å². The van der Waals surface area contributed by atoms with Gasteiger partial charge >= 0.3 is 5.97 Å². The molecule has 1 fully saturated rings. The first-order valence-electron chi connectivity index (χ1n) is 15.9. The summed E-state index contributed by atoms with van der Waals surface area (Å²) in [4.78, 5) is 41.8. The van der Waals surface area contributed by atoms with Crippen LogP contribution in [0.1, 0.15) is 73.5 Å². The normalized spacial score (nSPS) is 15.0. The topological polar surface area (TPSA) is 80.6 Å². The van der Waals surface area contributed by atoms with E-state index in [-0.39, 0.29) is 30.9 Å². The lowest BCUT2D eigenvalue weighted by molar-refractivity contribution is -0.144. The Balaban J connectivity index is 1.73. The number of rotatable bonds is 13. The van der Waals surface area contributed by atoms with Crippen LogP contribution < -0.4 is 10.9 Å². The zero-order valence-electron chi connectivity index (χ0n) is 27.5. The SMILES string of the molecule is CCOC(=O)C[C@H](NC(=O)C(CC(C)C)n1cc(CCN2CC(F)C2)cc(F)c1=O)c1cc(-c2c(C)cccc2C)cc(C)c1F. The number of pyridine rings is 1. The number of ether oxygens (including phenoxy) is 1. The number of alkyl halides is 1. The number of nitrogens with zero attached hydrogens (tertiary/aromatic N) is 2. The van der Waals surface area contributed by atoms with Gasteiger partial charge in [0.2, 0.25) is 5.91 Å². The molecular weight excluding hydrogens is 595 g/mol. The Morgan fingerprint density at radius 2 is 1.72 bits per heavy atom. The molecule has 1 N–H and O–H groups in total. The first-order valence-corrected chi connectivity index (χ1v) is 15.9. The van der Waals surface area contributed by atoms with Crippen molar-refractivity contribution in [1.29, 1.82) is 0 Å². The van der Waals surface area contributed by atoms with Crippen LogP contribution in [-0.4, -0.2) is 53.8 Å². The van der Waals surface area contributed by atoms with Crippen LogP contribution >= 0.6 is 0 Å². The second kappa shape index (κ2) is 15.1. The fourth-order valence-corrected chi connectivity index (χ4v) is 6.12. The molecule has 2 heterocycles. The van der Waals surface area contributed by atoms with Crippen molar-refractivity contribution in [2.75, 3.05) is 26.2 Å². The van der Waals surface area contributed by atoms with Gasteiger partial charge in [0.15, 0.2) is 5.82 Å². The molecule has 0 radical (unpaired) electrons. The third-order valence-corrected chi connectivity index (χ3v) is 8.44. The number of benzene rings is 2. The number of likely N-dealkylation sites (tertiary alicyclic amines) is 1. The summed E-state index contributed by atoms with van der Waals surface area (Å²) in [5, 5.41) is 2.83. The van der Waals surface area contributed by atoms with E-state index in [1.165, 1.54) is 6.20 Å². The van der Waals surface area contributed by atoms with Crippen molar-refractivity contribution in [1.82, 2.24) is 14.8 Å². The van der Waals surface area contributed by atoms with Crippen molar-refractivity contribution >= 4 is 11.9 Å². The molecule has 7 nitrogen and oxygen atoms in total. The number of esters is 1. The molecule has 2 atom stereocenters. The van der Waals surface area contributed by atoms with Gasteiger partial charge in [-0.15, -0.1) is 0 Å². The molecule has 0 saturated carbocycles. The molecule has 46 heavy (non-hydrogen) atoms. The monoisotopic (exact) mass is 639 g/mol. The van der Waals surface area contributed by atoms with E-state index in [1.807, 2.05) is 50.8 Å². The van der Waals surface area contributed by atoms with Gasteiger partial charge in [0.05, 0.1) is 19.1 Å². The molecule has 248 valence electrons. The molecule has 1 amide bonds. The number of amides is 1. The maximum atomic E-state index is 15.9. The number of nitrogens with one attached hydrogen (secondary N) is 1. The van der Waals surface area contributed by atoms with E-state index < -0.39 is 47.3 Å². The van der Waals surface area contributed by atoms with Gasteiger partial charge in [-0.05, 0) is 98.0 Å². The van der Waals surface area contributed by atoms with Gasteiger partial charge in [-0.3, -0.25) is 19.3 Å². The van der Waals surface area contributed by atoms with Crippen molar-refractivity contribution in [3.63, 3.8) is 0 Å². The Bertz CT molecular complexity index is 1610. The molecule has 1 saturated heterocycles. The molecule has 1 unspecified atom stereocenters. The Kier molecular flexibility index (Phi) is 11.5. The molecule has 10 heteroatoms. The lowest BCUT2D eigenvalue weighted by atomic mass is 9.90. The minimum atomic E-state index is -1.14. The van der Waals surface area contributed by atoms with Crippen LogP contribution in [0.4, 0.5) is 13.2 Å². The number of halogens is 3. The molecule has 0 spiro atoms. The van der Waals surface area contributed by atoms with Gasteiger partial charge in [0, 0.05) is 31.4 Å². The minimum Gasteiger partial charge on any atom is -0.466 e. The summed E-state index contributed by atoms with van der Waals surface area (Å²) in [6.07, 6.45) is 0.788. The van der Waals surface area contributed by atoms with Crippen LogP contribution in [0, 0.1) is 38.3 Å². The van der Waals surface area contributed by atoms with Gasteiger partial charge in [-0.2, -0.15) is 0 Å². The number of hydrogen-bond donors (Lipinski definition) is 1. The van der Waals surface area contributed by atoms with Crippen LogP contribution in [0.2, 0.25) is 0 Å². The van der Waals surface area contributed by atoms with E-state index in [1.54, 1.807) is 26.0 Å². The van der Waals surface area contributed by atoms with Crippen molar-refractivity contribution in [2.45, 2.75) is 79.1 Å². The quantitative estimate of drug-likeness (QED) is 0.222. The predicted octanol–water partition coefficient (Wildman–Crippen LogP) is 6.31. The average molecular weight is 640 g/mol. The molecule has 2 aromatic carbocycles. The molecule has 0 bridgehead atoms. The van der Waals surface area contributed by atoms with Crippen LogP contribution in [0.25, 0.3) is 11.1 Å². The molecule has 1 aliphatic heterocycles. The lowest BCUT2D eigenvalue weighted by Gasteiger charge is -2.34. The Labute approximate surface area is 268 Å². The largest absolute Gasteiger partial charge is 0.466 e. The van der Waals surface area contributed by atoms with E-state index in [9.17, 15) is 23.2 Å². The zero-order valence-corrected chi connectivity index (χ0v) is 27.5. The average Bonchev–Trinajstić information content (AvgIpc) is 2.96. The van der Waals surface area contributed by atoms with Crippen molar-refractivity contribution in [3.8, 4) is 11.1 Å². The van der Waals surface area contributed by atoms with Gasteiger partial charge in [-0.1, -0.05) is 32.0 Å². The summed E-state index contributed by atoms with van der Waals surface area (Å²) in [5.41, 5.74) is 3.60. The van der Waals surface area contributed by atoms with Crippen LogP contribution in [0.15, 0.2) is 47.4 Å². The van der Waals surface area contributed by atoms with Gasteiger partial charge in [0.25, 0.3) is 5.56 Å². The first kappa shape index (κ1) is 34.9. The highest BCUT2D eigenvalue weighted by atomic mass is 19.1. The number of aryl methyl sites for hydroxylation is 3. The number of hydrogen-bond acceptors (Lipinski definition) is 5. The van der Waals surface area contributed by atoms with Crippen molar-refractivity contribution < 1.29 is 27.5 Å². The molecule has 1 aliphatic rings. The summed E-state index contributed by atoms with van der Waals surface area (Å²) in [6, 6.07) is 8.11. The smallest absolute Gasteiger partial charge is 0.308 e. The predicted molar refractivity (Wildman–Crippen MR) is 172 cm³/mol. The van der Waals surface area contributed by atoms with Gasteiger partial charge < -0.3 is 14.6 Å². The van der Waals surface area contributed by atoms with E-state index in [0.717, 1.165) is 32.9 Å². The van der Waals surface area contributed by atoms with E-state index in [0.29, 0.717) is 37.2 Å². The third kappa shape index (κ3) is 8.26. The van der Waals surface area contributed by atoms with Gasteiger partial charge in [0.1, 0.15) is 18.0 Å². The number of carbonyl (C=O) groups excluding carboxylic acids is 2. The molecule has 4 rings (SSSR count). The maximum absolute atomic E-state index is 15.9. The second-order valence-corrected chi connectivity index (χ2v) is 12.7. The van der Waals surface area contributed by atoms with Crippen LogP contribution in [-0.2, 0) is 20.7 Å². The fourth-order valence-electron chi connectivity index (χ4n) is 6.12. The maximum Gasteiger partial charge on any atom is 0.308 e. The van der Waals surface area contributed by atoms with E-state index in [2.05, 4.69) is 5.32 Å². The summed E-state index contributed by atoms with van der Waals surface area (Å²) >= 11 is 0. The molecular formula is C36H44F3N3O4. The highest BCUT2D eigenvalue weighted by Crippen LogP contribution is 2.34. The Morgan fingerprint density at radius 3 is 2.33 bits per heavy atom. The Hall–Kier alpha value is -3.92. The van der Waals surface area contributed by atoms with Crippen LogP contribution in [0.3, 0.4) is 0 Å². The summed E-state index contributed by atoms with van der Waals surface area (Å²) < 4.78 is 50.5. The standard InChI is InChI=1S/C36H44F3N3O4/c1-7-46-32(43)17-30(28-16-26(14-24(6)34(28)39)33-22(4)9-8-10-23(33)5)40-35(44)31(13-21(2)3)42-18-25(15-29(38)36(42)45)11-12-41-19-27(37)20-41/h8-10,14-16,18,21,27,30-31H,7,11-13,17,19-20H2,1-6H3,(H,40,44)/t30-,31?/m0/s1. The van der Waals surface area contributed by atoms with E-state index >= 15 is 4.39 Å². The first-order chi connectivity index (χ1) is 21.8. The fraction of sp³-hybridized carbons (Fsp3) is 0.472. The van der Waals surface area contributed by atoms with Gasteiger partial charge in [-0.25, -0.2) is 13.2 Å². The zero-order chi connectivity index (χ0) is 33.7. The number of carbonyl (C=O) groups is 2. The summed E-state index contributed by atoms with van der Waals surface area (Å²) in [7, 11) is 0. The van der Waals surface area contributed by atoms with Crippen molar-refractivity contribution in [2.24, 2.45) is 5.92 Å². The molecule has 0 aliphatic carbocycles. The highest BCUT2D eigenvalue weighted by molar-refractivity contribution is 5.82. The Morgan fingerprint density at radius 1 is 1.04 bits per heavy atom. The second-order valence-electron chi connectivity index (χ2n) is 12.7. The van der Waals surface area contributed by atoms with Crippen molar-refractivity contribution in [3.05, 3.63) is 92.4 Å². The lowest BCUT2D eigenvalue weighted by Crippen LogP contribution is -2.49. The highest BCUT2D eigenvalue weighted by Gasteiger charge is 2.31. The third-order valence-electron chi connectivity index (χ3n) is 8.44. The van der Waals surface area contributed by atoms with Crippen LogP contribution in [0.5, 0.6) is 0 Å². The molecule has 3 aromatic rings. The summed E-state index contributed by atoms with van der Waals surface area (Å²) in [6.45, 7) is 12.1.